The highest BCUT2D eigenvalue weighted by atomic mass is 19.1. The lowest BCUT2D eigenvalue weighted by atomic mass is 9.87. The van der Waals surface area contributed by atoms with Gasteiger partial charge in [0.1, 0.15) is 5.82 Å². The highest BCUT2D eigenvalue weighted by molar-refractivity contribution is 5.47. The standard InChI is InChI=1S/C16H26FN3/c1-16(2,3)15(18)12-19-8-10-20(11-9-19)14-7-5-4-6-13(14)17/h4-7,15H,8-12,18H2,1-3H3. The Labute approximate surface area is 121 Å². The Morgan fingerprint density at radius 1 is 1.15 bits per heavy atom. The highest BCUT2D eigenvalue weighted by Crippen LogP contribution is 2.22. The summed E-state index contributed by atoms with van der Waals surface area (Å²) in [6, 6.07) is 7.17. The van der Waals surface area contributed by atoms with Crippen LogP contribution < -0.4 is 10.6 Å². The van der Waals surface area contributed by atoms with E-state index in [1.807, 2.05) is 12.1 Å². The second-order valence-electron chi connectivity index (χ2n) is 6.71. The number of nitrogens with zero attached hydrogens (tertiary/aromatic N) is 2. The minimum absolute atomic E-state index is 0.128. The van der Waals surface area contributed by atoms with Gasteiger partial charge in [-0.25, -0.2) is 4.39 Å². The highest BCUT2D eigenvalue weighted by Gasteiger charge is 2.25. The molecule has 0 aromatic heterocycles. The van der Waals surface area contributed by atoms with E-state index in [4.69, 9.17) is 5.73 Å². The third kappa shape index (κ3) is 3.70. The summed E-state index contributed by atoms with van der Waals surface area (Å²) in [6.07, 6.45) is 0. The second-order valence-corrected chi connectivity index (χ2v) is 6.71. The molecule has 112 valence electrons. The zero-order chi connectivity index (χ0) is 14.8. The van der Waals surface area contributed by atoms with E-state index in [9.17, 15) is 4.39 Å². The van der Waals surface area contributed by atoms with Gasteiger partial charge in [0.05, 0.1) is 5.69 Å². The molecule has 1 atom stereocenters. The van der Waals surface area contributed by atoms with Crippen molar-refractivity contribution in [2.45, 2.75) is 26.8 Å². The zero-order valence-corrected chi connectivity index (χ0v) is 12.8. The number of para-hydroxylation sites is 1. The van der Waals surface area contributed by atoms with Gasteiger partial charge < -0.3 is 10.6 Å². The number of hydrogen-bond acceptors (Lipinski definition) is 3. The Hall–Kier alpha value is -1.13. The number of hydrogen-bond donors (Lipinski definition) is 1. The van der Waals surface area contributed by atoms with Gasteiger partial charge in [-0.15, -0.1) is 0 Å². The monoisotopic (exact) mass is 279 g/mol. The SMILES string of the molecule is CC(C)(C)C(N)CN1CCN(c2ccccc2F)CC1. The fourth-order valence-corrected chi connectivity index (χ4v) is 2.43. The van der Waals surface area contributed by atoms with Gasteiger partial charge in [-0.2, -0.15) is 0 Å². The molecule has 1 saturated heterocycles. The number of halogens is 1. The molecule has 1 aliphatic heterocycles. The third-order valence-corrected chi connectivity index (χ3v) is 4.13. The van der Waals surface area contributed by atoms with Gasteiger partial charge in [0.25, 0.3) is 0 Å². The maximum atomic E-state index is 13.8. The Morgan fingerprint density at radius 3 is 2.30 bits per heavy atom. The number of rotatable bonds is 3. The molecule has 20 heavy (non-hydrogen) atoms. The molecule has 1 unspecified atom stereocenters. The van der Waals surface area contributed by atoms with Crippen molar-refractivity contribution in [3.8, 4) is 0 Å². The molecular weight excluding hydrogens is 253 g/mol. The molecule has 0 spiro atoms. The molecule has 0 saturated carbocycles. The first-order chi connectivity index (χ1) is 9.38. The van der Waals surface area contributed by atoms with Crippen LogP contribution >= 0.6 is 0 Å². The van der Waals surface area contributed by atoms with Crippen molar-refractivity contribution in [1.29, 1.82) is 0 Å². The molecule has 4 heteroatoms. The number of anilines is 1. The Balaban J connectivity index is 1.88. The first-order valence-electron chi connectivity index (χ1n) is 7.35. The largest absolute Gasteiger partial charge is 0.367 e. The van der Waals surface area contributed by atoms with Crippen LogP contribution in [0.25, 0.3) is 0 Å². The molecule has 2 rings (SSSR count). The fourth-order valence-electron chi connectivity index (χ4n) is 2.43. The molecule has 1 aliphatic rings. The quantitative estimate of drug-likeness (QED) is 0.921. The van der Waals surface area contributed by atoms with Gasteiger partial charge in [-0.1, -0.05) is 32.9 Å². The van der Waals surface area contributed by atoms with Crippen LogP contribution in [-0.4, -0.2) is 43.7 Å². The maximum absolute atomic E-state index is 13.8. The van der Waals surface area contributed by atoms with Crippen LogP contribution in [0.4, 0.5) is 10.1 Å². The summed E-state index contributed by atoms with van der Waals surface area (Å²) in [7, 11) is 0. The van der Waals surface area contributed by atoms with Gasteiger partial charge in [0.15, 0.2) is 0 Å². The lowest BCUT2D eigenvalue weighted by Gasteiger charge is -2.39. The third-order valence-electron chi connectivity index (χ3n) is 4.13. The van der Waals surface area contributed by atoms with E-state index >= 15 is 0 Å². The summed E-state index contributed by atoms with van der Waals surface area (Å²) in [5.41, 5.74) is 7.08. The summed E-state index contributed by atoms with van der Waals surface area (Å²) in [6.45, 7) is 11.0. The molecule has 3 nitrogen and oxygen atoms in total. The topological polar surface area (TPSA) is 32.5 Å². The lowest BCUT2D eigenvalue weighted by molar-refractivity contribution is 0.190. The van der Waals surface area contributed by atoms with Crippen LogP contribution in [0.2, 0.25) is 0 Å². The van der Waals surface area contributed by atoms with Crippen molar-refractivity contribution in [3.05, 3.63) is 30.1 Å². The molecule has 0 bridgehead atoms. The lowest BCUT2D eigenvalue weighted by Crippen LogP contribution is -2.52. The van der Waals surface area contributed by atoms with Crippen molar-refractivity contribution in [1.82, 2.24) is 4.90 Å². The van der Waals surface area contributed by atoms with Crippen molar-refractivity contribution < 1.29 is 4.39 Å². The predicted molar refractivity (Wildman–Crippen MR) is 82.5 cm³/mol. The van der Waals surface area contributed by atoms with Crippen LogP contribution in [0.5, 0.6) is 0 Å². The Morgan fingerprint density at radius 2 is 1.75 bits per heavy atom. The first-order valence-corrected chi connectivity index (χ1v) is 7.35. The average Bonchev–Trinajstić information content (AvgIpc) is 2.39. The zero-order valence-electron chi connectivity index (χ0n) is 12.8. The molecule has 0 amide bonds. The normalized spacial score (nSPS) is 19.1. The first kappa shape index (κ1) is 15.3. The summed E-state index contributed by atoms with van der Waals surface area (Å²) in [5.74, 6) is -0.132. The minimum atomic E-state index is -0.132. The van der Waals surface area contributed by atoms with E-state index in [1.54, 1.807) is 6.07 Å². The molecule has 0 aliphatic carbocycles. The summed E-state index contributed by atoms with van der Waals surface area (Å²) in [4.78, 5) is 4.50. The number of piperazine rings is 1. The van der Waals surface area contributed by atoms with E-state index in [1.165, 1.54) is 6.07 Å². The molecule has 2 N–H and O–H groups in total. The van der Waals surface area contributed by atoms with E-state index in [0.29, 0.717) is 5.69 Å². The Bertz CT molecular complexity index is 434. The molecule has 0 radical (unpaired) electrons. The summed E-state index contributed by atoms with van der Waals surface area (Å²) >= 11 is 0. The molecule has 1 heterocycles. The van der Waals surface area contributed by atoms with Crippen LogP contribution in [0.1, 0.15) is 20.8 Å². The van der Waals surface area contributed by atoms with E-state index in [-0.39, 0.29) is 17.3 Å². The van der Waals surface area contributed by atoms with Crippen LogP contribution in [0.3, 0.4) is 0 Å². The van der Waals surface area contributed by atoms with Gasteiger partial charge in [0, 0.05) is 38.8 Å². The van der Waals surface area contributed by atoms with Gasteiger partial charge in [-0.05, 0) is 17.5 Å². The van der Waals surface area contributed by atoms with E-state index in [2.05, 4.69) is 30.6 Å². The summed E-state index contributed by atoms with van der Waals surface area (Å²) < 4.78 is 13.8. The molecule has 1 fully saturated rings. The molecule has 1 aromatic rings. The van der Waals surface area contributed by atoms with Gasteiger partial charge >= 0.3 is 0 Å². The maximum Gasteiger partial charge on any atom is 0.146 e. The smallest absolute Gasteiger partial charge is 0.146 e. The molecular formula is C16H26FN3. The molecule has 1 aromatic carbocycles. The van der Waals surface area contributed by atoms with Gasteiger partial charge in [-0.3, -0.25) is 4.90 Å². The van der Waals surface area contributed by atoms with Crippen molar-refractivity contribution >= 4 is 5.69 Å². The summed E-state index contributed by atoms with van der Waals surface area (Å²) in [5, 5.41) is 0. The average molecular weight is 279 g/mol. The van der Waals surface area contributed by atoms with Crippen molar-refractivity contribution in [2.75, 3.05) is 37.6 Å². The van der Waals surface area contributed by atoms with Crippen molar-refractivity contribution in [3.63, 3.8) is 0 Å². The van der Waals surface area contributed by atoms with Crippen LogP contribution in [-0.2, 0) is 0 Å². The number of benzene rings is 1. The van der Waals surface area contributed by atoms with E-state index < -0.39 is 0 Å². The fraction of sp³-hybridized carbons (Fsp3) is 0.625. The van der Waals surface area contributed by atoms with Crippen molar-refractivity contribution in [2.24, 2.45) is 11.1 Å². The van der Waals surface area contributed by atoms with E-state index in [0.717, 1.165) is 32.7 Å². The van der Waals surface area contributed by atoms with Crippen LogP contribution in [0.15, 0.2) is 24.3 Å². The predicted octanol–water partition coefficient (Wildman–Crippen LogP) is 2.32. The second kappa shape index (κ2) is 6.10. The number of nitrogens with two attached hydrogens (primary N) is 1. The van der Waals surface area contributed by atoms with Crippen LogP contribution in [0, 0.1) is 11.2 Å². The Kier molecular flexibility index (Phi) is 4.66. The van der Waals surface area contributed by atoms with Gasteiger partial charge in [0.2, 0.25) is 0 Å². The minimum Gasteiger partial charge on any atom is -0.367 e.